The first-order valence-corrected chi connectivity index (χ1v) is 3.57. The Morgan fingerprint density at radius 2 is 1.83 bits per heavy atom. The summed E-state index contributed by atoms with van der Waals surface area (Å²) in [6, 6.07) is 8.70. The van der Waals surface area contributed by atoms with Crippen LogP contribution in [0.4, 0.5) is 0 Å². The Balaban J connectivity index is 0.00000121. The smallest absolute Gasteiger partial charge is 0.326 e. The van der Waals surface area contributed by atoms with Gasteiger partial charge in [0, 0.05) is 0 Å². The van der Waals surface area contributed by atoms with E-state index in [9.17, 15) is 4.79 Å². The molecule has 1 aromatic carbocycles. The quantitative estimate of drug-likeness (QED) is 0.756. The number of alkyl halides is 1. The molecule has 66 valence electrons. The van der Waals surface area contributed by atoms with E-state index in [0.29, 0.717) is 5.56 Å². The van der Waals surface area contributed by atoms with Crippen molar-refractivity contribution in [1.29, 1.82) is 0 Å². The van der Waals surface area contributed by atoms with Gasteiger partial charge >= 0.3 is 5.97 Å². The molecular formula is C8H8Cl2O2. The van der Waals surface area contributed by atoms with E-state index in [1.807, 2.05) is 6.07 Å². The zero-order valence-electron chi connectivity index (χ0n) is 6.11. The first-order valence-electron chi connectivity index (χ1n) is 3.13. The van der Waals surface area contributed by atoms with Crippen molar-refractivity contribution < 1.29 is 9.90 Å². The maximum Gasteiger partial charge on any atom is 0.326 e. The van der Waals surface area contributed by atoms with Gasteiger partial charge in [0.2, 0.25) is 0 Å². The molecule has 0 bridgehead atoms. The molecule has 0 aliphatic rings. The summed E-state index contributed by atoms with van der Waals surface area (Å²) in [7, 11) is 0. The Bertz CT molecular complexity index is 248. The molecule has 0 spiro atoms. The highest BCUT2D eigenvalue weighted by atomic mass is 35.5. The number of halogens is 2. The molecule has 0 aliphatic carbocycles. The van der Waals surface area contributed by atoms with Gasteiger partial charge in [-0.1, -0.05) is 30.3 Å². The lowest BCUT2D eigenvalue weighted by molar-refractivity contribution is -0.136. The fourth-order valence-corrected chi connectivity index (χ4v) is 0.910. The van der Waals surface area contributed by atoms with Crippen molar-refractivity contribution in [2.24, 2.45) is 0 Å². The van der Waals surface area contributed by atoms with Crippen LogP contribution in [0.2, 0.25) is 0 Å². The maximum atomic E-state index is 10.4. The van der Waals surface area contributed by atoms with Gasteiger partial charge in [0.25, 0.3) is 0 Å². The average molecular weight is 207 g/mol. The molecule has 0 aliphatic heterocycles. The van der Waals surface area contributed by atoms with Crippen LogP contribution in [0, 0.1) is 0 Å². The topological polar surface area (TPSA) is 37.3 Å². The van der Waals surface area contributed by atoms with Crippen LogP contribution in [0.5, 0.6) is 0 Å². The molecule has 0 saturated heterocycles. The van der Waals surface area contributed by atoms with E-state index in [1.165, 1.54) is 0 Å². The second kappa shape index (κ2) is 5.01. The predicted molar refractivity (Wildman–Crippen MR) is 49.9 cm³/mol. The van der Waals surface area contributed by atoms with Crippen molar-refractivity contribution in [3.63, 3.8) is 0 Å². The highest BCUT2D eigenvalue weighted by Gasteiger charge is 2.14. The third-order valence-corrected chi connectivity index (χ3v) is 1.75. The largest absolute Gasteiger partial charge is 0.480 e. The Hall–Kier alpha value is -0.730. The van der Waals surface area contributed by atoms with Crippen LogP contribution in [0.1, 0.15) is 10.9 Å². The number of carbonyl (C=O) groups is 1. The molecule has 1 atom stereocenters. The number of benzene rings is 1. The number of carboxylic acid groups (broad SMARTS) is 1. The second-order valence-electron chi connectivity index (χ2n) is 2.11. The van der Waals surface area contributed by atoms with Crippen molar-refractivity contribution in [2.45, 2.75) is 5.38 Å². The molecule has 0 heterocycles. The monoisotopic (exact) mass is 206 g/mol. The SMILES string of the molecule is Cl.O=C(O)C(Cl)c1ccccc1. The first-order chi connectivity index (χ1) is 5.22. The van der Waals surface area contributed by atoms with Crippen molar-refractivity contribution in [2.75, 3.05) is 0 Å². The van der Waals surface area contributed by atoms with Gasteiger partial charge in [0.1, 0.15) is 0 Å². The minimum absolute atomic E-state index is 0. The summed E-state index contributed by atoms with van der Waals surface area (Å²) in [5.74, 6) is -1.02. The Morgan fingerprint density at radius 3 is 2.25 bits per heavy atom. The second-order valence-corrected chi connectivity index (χ2v) is 2.55. The number of hydrogen-bond donors (Lipinski definition) is 1. The molecule has 2 nitrogen and oxygen atoms in total. The average Bonchev–Trinajstić information content (AvgIpc) is 2.05. The lowest BCUT2D eigenvalue weighted by Gasteiger charge is -2.01. The van der Waals surface area contributed by atoms with Crippen molar-refractivity contribution in [1.82, 2.24) is 0 Å². The molecule has 1 aromatic rings. The summed E-state index contributed by atoms with van der Waals surface area (Å²) in [6.45, 7) is 0. The van der Waals surface area contributed by atoms with Crippen LogP contribution in [0.15, 0.2) is 30.3 Å². The maximum absolute atomic E-state index is 10.4. The van der Waals surface area contributed by atoms with Gasteiger partial charge < -0.3 is 5.11 Å². The third-order valence-electron chi connectivity index (χ3n) is 1.31. The molecule has 1 N–H and O–H groups in total. The van der Waals surface area contributed by atoms with Gasteiger partial charge in [-0.25, -0.2) is 0 Å². The van der Waals surface area contributed by atoms with Crippen LogP contribution in [0.25, 0.3) is 0 Å². The molecule has 0 amide bonds. The van der Waals surface area contributed by atoms with Crippen molar-refractivity contribution >= 4 is 30.0 Å². The van der Waals surface area contributed by atoms with Crippen LogP contribution in [-0.2, 0) is 4.79 Å². The number of aliphatic carboxylic acids is 1. The Kier molecular flexibility index (Phi) is 4.71. The molecule has 0 fully saturated rings. The van der Waals surface area contributed by atoms with Crippen LogP contribution in [0.3, 0.4) is 0 Å². The number of hydrogen-bond acceptors (Lipinski definition) is 1. The van der Waals surface area contributed by atoms with Gasteiger partial charge in [-0.2, -0.15) is 0 Å². The van der Waals surface area contributed by atoms with E-state index >= 15 is 0 Å². The molecule has 1 unspecified atom stereocenters. The summed E-state index contributed by atoms with van der Waals surface area (Å²) < 4.78 is 0. The molecule has 1 rings (SSSR count). The normalized spacial score (nSPS) is 11.4. The Morgan fingerprint density at radius 1 is 1.33 bits per heavy atom. The zero-order chi connectivity index (χ0) is 8.27. The van der Waals surface area contributed by atoms with E-state index in [2.05, 4.69) is 0 Å². The third kappa shape index (κ3) is 2.72. The van der Waals surface area contributed by atoms with Crippen molar-refractivity contribution in [3.8, 4) is 0 Å². The molecular weight excluding hydrogens is 199 g/mol. The zero-order valence-corrected chi connectivity index (χ0v) is 7.68. The van der Waals surface area contributed by atoms with E-state index < -0.39 is 11.3 Å². The highest BCUT2D eigenvalue weighted by molar-refractivity contribution is 6.29. The van der Waals surface area contributed by atoms with Gasteiger partial charge in [-0.15, -0.1) is 24.0 Å². The summed E-state index contributed by atoms with van der Waals surface area (Å²) in [5, 5.41) is 7.57. The molecule has 0 aromatic heterocycles. The van der Waals surface area contributed by atoms with Gasteiger partial charge in [-0.3, -0.25) is 4.79 Å². The fraction of sp³-hybridized carbons (Fsp3) is 0.125. The van der Waals surface area contributed by atoms with Crippen molar-refractivity contribution in [3.05, 3.63) is 35.9 Å². The van der Waals surface area contributed by atoms with Gasteiger partial charge in [0.15, 0.2) is 5.38 Å². The summed E-state index contributed by atoms with van der Waals surface area (Å²) in [6.07, 6.45) is 0. The van der Waals surface area contributed by atoms with E-state index in [4.69, 9.17) is 16.7 Å². The molecule has 12 heavy (non-hydrogen) atoms. The van der Waals surface area contributed by atoms with E-state index in [-0.39, 0.29) is 12.4 Å². The standard InChI is InChI=1S/C8H7ClO2.ClH/c9-7(8(10)11)6-4-2-1-3-5-6;/h1-5,7H,(H,10,11);1H. The highest BCUT2D eigenvalue weighted by Crippen LogP contribution is 2.19. The summed E-state index contributed by atoms with van der Waals surface area (Å²) in [4.78, 5) is 10.4. The lowest BCUT2D eigenvalue weighted by Crippen LogP contribution is -2.04. The first kappa shape index (κ1) is 11.3. The number of carboxylic acids is 1. The summed E-state index contributed by atoms with van der Waals surface area (Å²) in [5.41, 5.74) is 0.613. The Labute approximate surface area is 81.6 Å². The predicted octanol–water partition coefficient (Wildman–Crippen LogP) is 2.47. The molecule has 4 heteroatoms. The summed E-state index contributed by atoms with van der Waals surface area (Å²) >= 11 is 5.54. The van der Waals surface area contributed by atoms with Crippen LogP contribution in [-0.4, -0.2) is 11.1 Å². The van der Waals surface area contributed by atoms with Crippen LogP contribution < -0.4 is 0 Å². The lowest BCUT2D eigenvalue weighted by atomic mass is 10.1. The molecule has 0 saturated carbocycles. The fourth-order valence-electron chi connectivity index (χ4n) is 0.765. The minimum Gasteiger partial charge on any atom is -0.480 e. The number of rotatable bonds is 2. The van der Waals surface area contributed by atoms with E-state index in [1.54, 1.807) is 24.3 Å². The van der Waals surface area contributed by atoms with E-state index in [0.717, 1.165) is 0 Å². The van der Waals surface area contributed by atoms with Gasteiger partial charge in [0.05, 0.1) is 0 Å². The van der Waals surface area contributed by atoms with Gasteiger partial charge in [-0.05, 0) is 5.56 Å². The van der Waals surface area contributed by atoms with Crippen LogP contribution >= 0.6 is 24.0 Å². The minimum atomic E-state index is -1.02. The molecule has 0 radical (unpaired) electrons.